The van der Waals surface area contributed by atoms with Crippen molar-refractivity contribution in [3.8, 4) is 6.07 Å². The van der Waals surface area contributed by atoms with Crippen molar-refractivity contribution in [2.24, 2.45) is 0 Å². The molecule has 2 aromatic rings. The minimum Gasteiger partial charge on any atom is -0.379 e. The quantitative estimate of drug-likeness (QED) is 0.886. The zero-order chi connectivity index (χ0) is 13.3. The molecule has 1 aromatic heterocycles. The molecule has 18 heavy (non-hydrogen) atoms. The van der Waals surface area contributed by atoms with Crippen molar-refractivity contribution >= 4 is 26.4 Å². The number of anilines is 1. The molecule has 1 unspecified atom stereocenters. The first kappa shape index (κ1) is 12.8. The number of hydrogen-bond acceptors (Lipinski definition) is 3. The fourth-order valence-electron chi connectivity index (χ4n) is 2.11. The van der Waals surface area contributed by atoms with Gasteiger partial charge in [0.05, 0.1) is 10.3 Å². The Balaban J connectivity index is 2.86. The summed E-state index contributed by atoms with van der Waals surface area (Å²) in [5, 5.41) is 13.8. The number of nitriles is 1. The van der Waals surface area contributed by atoms with Crippen LogP contribution < -0.4 is 5.32 Å². The Morgan fingerprint density at radius 1 is 1.50 bits per heavy atom. The Bertz CT molecular complexity index is 625. The van der Waals surface area contributed by atoms with Crippen LogP contribution in [0.4, 0.5) is 9.39 Å². The van der Waals surface area contributed by atoms with Crippen LogP contribution >= 0.6 is 11.3 Å². The van der Waals surface area contributed by atoms with Gasteiger partial charge in [-0.2, -0.15) is 5.26 Å². The molecule has 94 valence electrons. The fraction of sp³-hybridized carbons (Fsp3) is 0.357. The Labute approximate surface area is 110 Å². The van der Waals surface area contributed by atoms with Gasteiger partial charge in [0.25, 0.3) is 0 Å². The Morgan fingerprint density at radius 3 is 2.78 bits per heavy atom. The summed E-state index contributed by atoms with van der Waals surface area (Å²) >= 11 is 1.31. The highest BCUT2D eigenvalue weighted by Crippen LogP contribution is 2.41. The number of hydrogen-bond donors (Lipinski definition) is 1. The summed E-state index contributed by atoms with van der Waals surface area (Å²) in [6, 6.07) is 5.50. The fourth-order valence-corrected chi connectivity index (χ4v) is 3.15. The largest absolute Gasteiger partial charge is 0.379 e. The zero-order valence-corrected chi connectivity index (χ0v) is 11.5. The van der Waals surface area contributed by atoms with E-state index in [1.807, 2.05) is 0 Å². The molecule has 0 aliphatic carbocycles. The standard InChI is InChI=1S/C14H15FN2S/c1-4-8(2)9-5-6-11(15)13-12(9)10(7-16)14(17-3)18-13/h5-6,8,17H,4H2,1-3H3. The lowest BCUT2D eigenvalue weighted by Crippen LogP contribution is -1.94. The number of rotatable bonds is 3. The Kier molecular flexibility index (Phi) is 3.53. The average molecular weight is 262 g/mol. The minimum atomic E-state index is -0.250. The molecule has 0 saturated heterocycles. The van der Waals surface area contributed by atoms with E-state index in [-0.39, 0.29) is 5.82 Å². The summed E-state index contributed by atoms with van der Waals surface area (Å²) in [6.45, 7) is 4.20. The van der Waals surface area contributed by atoms with Crippen molar-refractivity contribution in [3.63, 3.8) is 0 Å². The molecule has 1 heterocycles. The van der Waals surface area contributed by atoms with Gasteiger partial charge in [-0.15, -0.1) is 11.3 Å². The van der Waals surface area contributed by atoms with Crippen LogP contribution in [0.5, 0.6) is 0 Å². The second kappa shape index (κ2) is 4.95. The maximum Gasteiger partial charge on any atom is 0.141 e. The van der Waals surface area contributed by atoms with E-state index in [0.717, 1.165) is 22.4 Å². The second-order valence-electron chi connectivity index (χ2n) is 4.32. The van der Waals surface area contributed by atoms with E-state index in [1.54, 1.807) is 13.1 Å². The van der Waals surface area contributed by atoms with E-state index in [9.17, 15) is 9.65 Å². The van der Waals surface area contributed by atoms with Crippen LogP contribution in [0, 0.1) is 17.1 Å². The van der Waals surface area contributed by atoms with Crippen molar-refractivity contribution < 1.29 is 4.39 Å². The first-order chi connectivity index (χ1) is 8.63. The number of benzene rings is 1. The summed E-state index contributed by atoms with van der Waals surface area (Å²) in [7, 11) is 1.76. The third kappa shape index (κ3) is 1.85. The second-order valence-corrected chi connectivity index (χ2v) is 5.34. The molecule has 2 rings (SSSR count). The van der Waals surface area contributed by atoms with Crippen LogP contribution in [0.25, 0.3) is 10.1 Å². The van der Waals surface area contributed by atoms with Crippen molar-refractivity contribution in [1.29, 1.82) is 5.26 Å². The predicted molar refractivity (Wildman–Crippen MR) is 74.8 cm³/mol. The number of nitrogens with zero attached hydrogens (tertiary/aromatic N) is 1. The smallest absolute Gasteiger partial charge is 0.141 e. The molecule has 0 aliphatic heterocycles. The van der Waals surface area contributed by atoms with Crippen LogP contribution in [0.1, 0.15) is 37.3 Å². The highest BCUT2D eigenvalue weighted by Gasteiger charge is 2.19. The van der Waals surface area contributed by atoms with Gasteiger partial charge in [0, 0.05) is 12.4 Å². The summed E-state index contributed by atoms with van der Waals surface area (Å²) in [6.07, 6.45) is 0.969. The van der Waals surface area contributed by atoms with Crippen LogP contribution in [0.2, 0.25) is 0 Å². The summed E-state index contributed by atoms with van der Waals surface area (Å²) < 4.78 is 14.5. The van der Waals surface area contributed by atoms with Crippen LogP contribution in [0.3, 0.4) is 0 Å². The van der Waals surface area contributed by atoms with Gasteiger partial charge >= 0.3 is 0 Å². The molecule has 0 spiro atoms. The van der Waals surface area contributed by atoms with Crippen LogP contribution in [-0.4, -0.2) is 7.05 Å². The SMILES string of the molecule is CCC(C)c1ccc(F)c2sc(NC)c(C#N)c12. The summed E-state index contributed by atoms with van der Waals surface area (Å²) in [5.41, 5.74) is 1.62. The van der Waals surface area contributed by atoms with Gasteiger partial charge in [0.1, 0.15) is 16.9 Å². The lowest BCUT2D eigenvalue weighted by atomic mass is 9.93. The van der Waals surface area contributed by atoms with E-state index >= 15 is 0 Å². The number of nitrogens with one attached hydrogen (secondary N) is 1. The van der Waals surface area contributed by atoms with Gasteiger partial charge < -0.3 is 5.32 Å². The third-order valence-electron chi connectivity index (χ3n) is 3.31. The van der Waals surface area contributed by atoms with Gasteiger partial charge in [-0.3, -0.25) is 0 Å². The molecule has 2 nitrogen and oxygen atoms in total. The van der Waals surface area contributed by atoms with Gasteiger partial charge in [-0.1, -0.05) is 19.9 Å². The van der Waals surface area contributed by atoms with Crippen molar-refractivity contribution in [1.82, 2.24) is 0 Å². The third-order valence-corrected chi connectivity index (χ3v) is 4.52. The van der Waals surface area contributed by atoms with Crippen LogP contribution in [0.15, 0.2) is 12.1 Å². The van der Waals surface area contributed by atoms with E-state index < -0.39 is 0 Å². The van der Waals surface area contributed by atoms with Gasteiger partial charge in [-0.25, -0.2) is 4.39 Å². The average Bonchev–Trinajstić information content (AvgIpc) is 2.77. The molecule has 0 saturated carbocycles. The molecule has 1 aromatic carbocycles. The van der Waals surface area contributed by atoms with Gasteiger partial charge in [0.2, 0.25) is 0 Å². The Morgan fingerprint density at radius 2 is 2.22 bits per heavy atom. The minimum absolute atomic E-state index is 0.250. The molecule has 0 amide bonds. The van der Waals surface area contributed by atoms with E-state index in [1.165, 1.54) is 17.4 Å². The topological polar surface area (TPSA) is 35.8 Å². The van der Waals surface area contributed by atoms with Crippen LogP contribution in [-0.2, 0) is 0 Å². The van der Waals surface area contributed by atoms with E-state index in [0.29, 0.717) is 16.2 Å². The highest BCUT2D eigenvalue weighted by atomic mass is 32.1. The molecular weight excluding hydrogens is 247 g/mol. The molecule has 0 fully saturated rings. The lowest BCUT2D eigenvalue weighted by molar-refractivity contribution is 0.640. The first-order valence-corrected chi connectivity index (χ1v) is 6.78. The molecule has 1 N–H and O–H groups in total. The molecule has 4 heteroatoms. The van der Waals surface area contributed by atoms with Crippen molar-refractivity contribution in [2.75, 3.05) is 12.4 Å². The highest BCUT2D eigenvalue weighted by molar-refractivity contribution is 7.23. The molecule has 0 aliphatic rings. The molecule has 0 radical (unpaired) electrons. The predicted octanol–water partition coefficient (Wildman–Crippen LogP) is 4.47. The maximum atomic E-state index is 13.9. The number of thiophene rings is 1. The monoisotopic (exact) mass is 262 g/mol. The normalized spacial score (nSPS) is 12.4. The van der Waals surface area contributed by atoms with Crippen molar-refractivity contribution in [2.45, 2.75) is 26.2 Å². The van der Waals surface area contributed by atoms with E-state index in [4.69, 9.17) is 0 Å². The van der Waals surface area contributed by atoms with Gasteiger partial charge in [0.15, 0.2) is 0 Å². The van der Waals surface area contributed by atoms with Gasteiger partial charge in [-0.05, 0) is 24.0 Å². The summed E-state index contributed by atoms with van der Waals surface area (Å²) in [5.74, 6) is 0.0690. The number of fused-ring (bicyclic) bond motifs is 1. The lowest BCUT2D eigenvalue weighted by Gasteiger charge is -2.11. The first-order valence-electron chi connectivity index (χ1n) is 5.96. The number of halogens is 1. The Hall–Kier alpha value is -1.60. The van der Waals surface area contributed by atoms with Crippen molar-refractivity contribution in [3.05, 3.63) is 29.1 Å². The molecular formula is C14H15FN2S. The molecule has 0 bridgehead atoms. The summed E-state index contributed by atoms with van der Waals surface area (Å²) in [4.78, 5) is 0. The van der Waals surface area contributed by atoms with E-state index in [2.05, 4.69) is 25.2 Å². The molecule has 1 atom stereocenters. The zero-order valence-electron chi connectivity index (χ0n) is 10.7. The maximum absolute atomic E-state index is 13.9.